The van der Waals surface area contributed by atoms with Crippen LogP contribution in [0.5, 0.6) is 0 Å². The molecule has 0 radical (unpaired) electrons. The standard InChI is InChI=1S/C19H20N8O3/c1-13-4-5-15(27(29)30)9-16(13)22-19(28)14-3-2-8-25(10-14)17-6-7-18(24-23-17)26-12-20-11-21-26/h4-7,9,11-12,14H,2-3,8,10H2,1H3,(H,22,28). The number of carbonyl (C=O) groups is 1. The van der Waals surface area contributed by atoms with E-state index in [-0.39, 0.29) is 17.5 Å². The Bertz CT molecular complexity index is 1050. The lowest BCUT2D eigenvalue weighted by molar-refractivity contribution is -0.384. The van der Waals surface area contributed by atoms with E-state index >= 15 is 0 Å². The van der Waals surface area contributed by atoms with Gasteiger partial charge in [0.25, 0.3) is 5.69 Å². The average Bonchev–Trinajstić information content (AvgIpc) is 3.30. The number of carbonyl (C=O) groups excluding carboxylic acids is 1. The predicted octanol–water partition coefficient (Wildman–Crippen LogP) is 2.13. The number of anilines is 2. The van der Waals surface area contributed by atoms with Crippen LogP contribution in [0.15, 0.2) is 43.0 Å². The quantitative estimate of drug-likeness (QED) is 0.501. The summed E-state index contributed by atoms with van der Waals surface area (Å²) in [6, 6.07) is 8.09. The first-order valence-electron chi connectivity index (χ1n) is 9.51. The second-order valence-electron chi connectivity index (χ2n) is 7.12. The van der Waals surface area contributed by atoms with Crippen molar-refractivity contribution in [3.05, 3.63) is 58.7 Å². The van der Waals surface area contributed by atoms with E-state index in [1.807, 2.05) is 11.0 Å². The summed E-state index contributed by atoms with van der Waals surface area (Å²) in [5, 5.41) is 26.3. The molecule has 0 saturated carbocycles. The van der Waals surface area contributed by atoms with Crippen LogP contribution in [0.25, 0.3) is 5.82 Å². The van der Waals surface area contributed by atoms with Gasteiger partial charge in [-0.3, -0.25) is 14.9 Å². The molecule has 0 bridgehead atoms. The fraction of sp³-hybridized carbons (Fsp3) is 0.316. The number of nitrogens with zero attached hydrogens (tertiary/aromatic N) is 7. The number of non-ortho nitro benzene ring substituents is 1. The third-order valence-electron chi connectivity index (χ3n) is 5.10. The molecule has 1 unspecified atom stereocenters. The van der Waals surface area contributed by atoms with Gasteiger partial charge in [-0.25, -0.2) is 9.67 Å². The minimum Gasteiger partial charge on any atom is -0.354 e. The van der Waals surface area contributed by atoms with Crippen LogP contribution >= 0.6 is 0 Å². The zero-order valence-corrected chi connectivity index (χ0v) is 16.3. The van der Waals surface area contributed by atoms with E-state index in [2.05, 4.69) is 25.6 Å². The molecule has 1 amide bonds. The Morgan fingerprint density at radius 3 is 2.73 bits per heavy atom. The Hall–Kier alpha value is -3.89. The number of benzene rings is 1. The van der Waals surface area contributed by atoms with Crippen molar-refractivity contribution in [1.29, 1.82) is 0 Å². The fourth-order valence-electron chi connectivity index (χ4n) is 3.43. The van der Waals surface area contributed by atoms with E-state index in [0.717, 1.165) is 24.9 Å². The molecule has 2 aromatic heterocycles. The molecule has 11 nitrogen and oxygen atoms in total. The Morgan fingerprint density at radius 1 is 1.23 bits per heavy atom. The minimum absolute atomic E-state index is 0.0519. The lowest BCUT2D eigenvalue weighted by Gasteiger charge is -2.32. The summed E-state index contributed by atoms with van der Waals surface area (Å²) in [5.74, 6) is 0.830. The highest BCUT2D eigenvalue weighted by atomic mass is 16.6. The van der Waals surface area contributed by atoms with Crippen molar-refractivity contribution in [1.82, 2.24) is 25.0 Å². The van der Waals surface area contributed by atoms with E-state index in [4.69, 9.17) is 0 Å². The molecule has 1 atom stereocenters. The van der Waals surface area contributed by atoms with Crippen LogP contribution in [-0.4, -0.2) is 48.9 Å². The molecular weight excluding hydrogens is 388 g/mol. The molecule has 1 N–H and O–H groups in total. The van der Waals surface area contributed by atoms with E-state index in [9.17, 15) is 14.9 Å². The second-order valence-corrected chi connectivity index (χ2v) is 7.12. The van der Waals surface area contributed by atoms with Gasteiger partial charge in [0, 0.05) is 25.2 Å². The van der Waals surface area contributed by atoms with Gasteiger partial charge in [0.05, 0.1) is 16.5 Å². The third kappa shape index (κ3) is 4.09. The summed E-state index contributed by atoms with van der Waals surface area (Å²) in [6.45, 7) is 3.08. The summed E-state index contributed by atoms with van der Waals surface area (Å²) in [5.41, 5.74) is 1.18. The van der Waals surface area contributed by atoms with Gasteiger partial charge >= 0.3 is 0 Å². The van der Waals surface area contributed by atoms with E-state index in [1.165, 1.54) is 23.1 Å². The highest BCUT2D eigenvalue weighted by molar-refractivity contribution is 5.94. The summed E-state index contributed by atoms with van der Waals surface area (Å²) in [7, 11) is 0. The highest BCUT2D eigenvalue weighted by Gasteiger charge is 2.27. The number of aromatic nitrogens is 5. The molecule has 1 aliphatic rings. The summed E-state index contributed by atoms with van der Waals surface area (Å²) in [6.07, 6.45) is 4.53. The lowest BCUT2D eigenvalue weighted by atomic mass is 9.97. The molecule has 1 saturated heterocycles. The summed E-state index contributed by atoms with van der Waals surface area (Å²) < 4.78 is 1.52. The Kier molecular flexibility index (Phi) is 5.33. The van der Waals surface area contributed by atoms with Gasteiger partial charge in [-0.15, -0.1) is 10.2 Å². The molecule has 4 rings (SSSR count). The van der Waals surface area contributed by atoms with Gasteiger partial charge in [-0.05, 0) is 37.5 Å². The second kappa shape index (κ2) is 8.23. The number of nitro groups is 1. The molecule has 1 fully saturated rings. The van der Waals surface area contributed by atoms with Crippen molar-refractivity contribution in [3.8, 4) is 5.82 Å². The van der Waals surface area contributed by atoms with Crippen molar-refractivity contribution in [3.63, 3.8) is 0 Å². The zero-order valence-electron chi connectivity index (χ0n) is 16.3. The van der Waals surface area contributed by atoms with Crippen molar-refractivity contribution in [2.45, 2.75) is 19.8 Å². The molecule has 1 aromatic carbocycles. The lowest BCUT2D eigenvalue weighted by Crippen LogP contribution is -2.41. The molecule has 11 heteroatoms. The van der Waals surface area contributed by atoms with Crippen LogP contribution in [0.4, 0.5) is 17.2 Å². The maximum absolute atomic E-state index is 12.8. The van der Waals surface area contributed by atoms with Crippen LogP contribution in [0.1, 0.15) is 18.4 Å². The van der Waals surface area contributed by atoms with E-state index in [1.54, 1.807) is 25.4 Å². The molecule has 3 aromatic rings. The number of nitrogens with one attached hydrogen (secondary N) is 1. The maximum Gasteiger partial charge on any atom is 0.271 e. The summed E-state index contributed by atoms with van der Waals surface area (Å²) >= 11 is 0. The van der Waals surface area contributed by atoms with Crippen molar-refractivity contribution >= 4 is 23.1 Å². The SMILES string of the molecule is Cc1ccc([N+](=O)[O-])cc1NC(=O)C1CCCN(c2ccc(-n3cncn3)nn2)C1. The molecule has 1 aliphatic heterocycles. The summed E-state index contributed by atoms with van der Waals surface area (Å²) in [4.78, 5) is 29.3. The van der Waals surface area contributed by atoms with Gasteiger partial charge in [-0.1, -0.05) is 6.07 Å². The first-order chi connectivity index (χ1) is 14.5. The maximum atomic E-state index is 12.8. The number of hydrogen-bond donors (Lipinski definition) is 1. The van der Waals surface area contributed by atoms with E-state index < -0.39 is 4.92 Å². The van der Waals surface area contributed by atoms with Crippen molar-refractivity contribution in [2.75, 3.05) is 23.3 Å². The van der Waals surface area contributed by atoms with Gasteiger partial charge < -0.3 is 10.2 Å². The topological polar surface area (TPSA) is 132 Å². The molecule has 30 heavy (non-hydrogen) atoms. The van der Waals surface area contributed by atoms with Crippen LogP contribution in [0.2, 0.25) is 0 Å². The zero-order chi connectivity index (χ0) is 21.1. The van der Waals surface area contributed by atoms with Gasteiger partial charge in [0.1, 0.15) is 12.7 Å². The smallest absolute Gasteiger partial charge is 0.271 e. The van der Waals surface area contributed by atoms with Crippen LogP contribution in [0, 0.1) is 23.0 Å². The Labute approximate surface area is 171 Å². The van der Waals surface area contributed by atoms with E-state index in [0.29, 0.717) is 23.9 Å². The molecule has 0 spiro atoms. The minimum atomic E-state index is -0.473. The first kappa shape index (κ1) is 19.4. The highest BCUT2D eigenvalue weighted by Crippen LogP contribution is 2.26. The molecular formula is C19H20N8O3. The number of aryl methyl sites for hydroxylation is 1. The Balaban J connectivity index is 1.44. The number of piperidine rings is 1. The van der Waals surface area contributed by atoms with Crippen LogP contribution in [0.3, 0.4) is 0 Å². The monoisotopic (exact) mass is 408 g/mol. The number of hydrogen-bond acceptors (Lipinski definition) is 8. The molecule has 0 aliphatic carbocycles. The van der Waals surface area contributed by atoms with Crippen LogP contribution < -0.4 is 10.2 Å². The van der Waals surface area contributed by atoms with Crippen LogP contribution in [-0.2, 0) is 4.79 Å². The largest absolute Gasteiger partial charge is 0.354 e. The van der Waals surface area contributed by atoms with Gasteiger partial charge in [0.2, 0.25) is 5.91 Å². The normalized spacial score (nSPS) is 16.3. The predicted molar refractivity (Wildman–Crippen MR) is 108 cm³/mol. The third-order valence-corrected chi connectivity index (χ3v) is 5.10. The fourth-order valence-corrected chi connectivity index (χ4v) is 3.43. The molecule has 3 heterocycles. The van der Waals surface area contributed by atoms with Crippen molar-refractivity contribution < 1.29 is 9.72 Å². The van der Waals surface area contributed by atoms with Crippen molar-refractivity contribution in [2.24, 2.45) is 5.92 Å². The number of rotatable bonds is 5. The number of amides is 1. The number of nitro benzene ring substituents is 1. The Morgan fingerprint density at radius 2 is 2.03 bits per heavy atom. The first-order valence-corrected chi connectivity index (χ1v) is 9.51. The van der Waals surface area contributed by atoms with Gasteiger partial charge in [-0.2, -0.15) is 5.10 Å². The average molecular weight is 408 g/mol. The van der Waals surface area contributed by atoms with Gasteiger partial charge in [0.15, 0.2) is 11.6 Å². The molecule has 154 valence electrons.